The minimum Gasteiger partial charge on any atom is -0.493 e. The molecule has 1 aliphatic rings. The van der Waals surface area contributed by atoms with Gasteiger partial charge in [0.15, 0.2) is 21.8 Å². The lowest BCUT2D eigenvalue weighted by atomic mass is 10.3. The van der Waals surface area contributed by atoms with Crippen LogP contribution in [0.1, 0.15) is 0 Å². The van der Waals surface area contributed by atoms with Gasteiger partial charge in [-0.3, -0.25) is 0 Å². The normalized spacial score (nSPS) is 14.7. The van der Waals surface area contributed by atoms with Crippen molar-refractivity contribution in [3.05, 3.63) is 34.6 Å². The van der Waals surface area contributed by atoms with Crippen LogP contribution in [0.5, 0.6) is 17.2 Å². The molecule has 0 N–H and O–H groups in total. The third-order valence-corrected chi connectivity index (χ3v) is 3.86. The number of rotatable bonds is 4. The zero-order valence-electron chi connectivity index (χ0n) is 12.5. The smallest absolute Gasteiger partial charge is 0.228 e. The lowest BCUT2D eigenvalue weighted by Gasteiger charge is -2.27. The molecule has 0 unspecified atom stereocenters. The van der Waals surface area contributed by atoms with E-state index in [4.69, 9.17) is 37.4 Å². The van der Waals surface area contributed by atoms with Crippen molar-refractivity contribution in [3.63, 3.8) is 0 Å². The van der Waals surface area contributed by atoms with E-state index in [0.717, 1.165) is 0 Å². The summed E-state index contributed by atoms with van der Waals surface area (Å²) in [6.45, 7) is 2.63. The minimum atomic E-state index is 0.150. The molecule has 8 heteroatoms. The standard InChI is InChI=1S/C15H15Cl2N3O3/c1-21-10-4-2-3-5-11(10)23-12-13(16)18-15(19-14(12)17)20-6-8-22-9-7-20/h2-5H,6-9H2,1H3. The summed E-state index contributed by atoms with van der Waals surface area (Å²) >= 11 is 12.5. The van der Waals surface area contributed by atoms with Gasteiger partial charge in [-0.1, -0.05) is 35.3 Å². The van der Waals surface area contributed by atoms with Gasteiger partial charge in [0.2, 0.25) is 11.7 Å². The molecule has 0 amide bonds. The number of hydrogen-bond acceptors (Lipinski definition) is 6. The maximum absolute atomic E-state index is 6.24. The predicted molar refractivity (Wildman–Crippen MR) is 88.2 cm³/mol. The Morgan fingerprint density at radius 2 is 1.65 bits per heavy atom. The van der Waals surface area contributed by atoms with E-state index in [1.807, 2.05) is 17.0 Å². The highest BCUT2D eigenvalue weighted by molar-refractivity contribution is 6.35. The first-order valence-electron chi connectivity index (χ1n) is 7.05. The number of anilines is 1. The van der Waals surface area contributed by atoms with Crippen molar-refractivity contribution in [1.29, 1.82) is 0 Å². The van der Waals surface area contributed by atoms with E-state index in [1.165, 1.54) is 0 Å². The highest BCUT2D eigenvalue weighted by Crippen LogP contribution is 2.38. The molecule has 1 aliphatic heterocycles. The summed E-state index contributed by atoms with van der Waals surface area (Å²) in [6.07, 6.45) is 0. The average molecular weight is 356 g/mol. The quantitative estimate of drug-likeness (QED) is 0.783. The van der Waals surface area contributed by atoms with Gasteiger partial charge in [0, 0.05) is 13.1 Å². The Morgan fingerprint density at radius 3 is 2.26 bits per heavy atom. The van der Waals surface area contributed by atoms with E-state index in [1.54, 1.807) is 19.2 Å². The number of morpholine rings is 1. The summed E-state index contributed by atoms with van der Waals surface area (Å²) in [5.74, 6) is 1.73. The molecular formula is C15H15Cl2N3O3. The van der Waals surface area contributed by atoms with Crippen molar-refractivity contribution in [2.45, 2.75) is 0 Å². The topological polar surface area (TPSA) is 56.7 Å². The molecule has 0 spiro atoms. The predicted octanol–water partition coefficient (Wildman–Crippen LogP) is 3.42. The Bertz CT molecular complexity index is 670. The summed E-state index contributed by atoms with van der Waals surface area (Å²) in [4.78, 5) is 10.5. The molecule has 0 saturated carbocycles. The van der Waals surface area contributed by atoms with Crippen molar-refractivity contribution < 1.29 is 14.2 Å². The zero-order valence-corrected chi connectivity index (χ0v) is 14.0. The molecule has 3 rings (SSSR count). The van der Waals surface area contributed by atoms with Crippen LogP contribution in [0.4, 0.5) is 5.95 Å². The van der Waals surface area contributed by atoms with Crippen LogP contribution >= 0.6 is 23.2 Å². The molecule has 122 valence electrons. The molecule has 1 fully saturated rings. The molecule has 2 aromatic rings. The van der Waals surface area contributed by atoms with Gasteiger partial charge in [-0.25, -0.2) is 0 Å². The fourth-order valence-electron chi connectivity index (χ4n) is 2.19. The summed E-state index contributed by atoms with van der Waals surface area (Å²) in [5.41, 5.74) is 0. The number of methoxy groups -OCH3 is 1. The molecule has 0 atom stereocenters. The first-order chi connectivity index (χ1) is 11.2. The Labute approximate surface area is 143 Å². The summed E-state index contributed by atoms with van der Waals surface area (Å²) in [6, 6.07) is 7.19. The maximum atomic E-state index is 6.24. The molecule has 2 heterocycles. The highest BCUT2D eigenvalue weighted by atomic mass is 35.5. The Kier molecular flexibility index (Phi) is 5.05. The number of aromatic nitrogens is 2. The number of ether oxygens (including phenoxy) is 3. The second-order valence-corrected chi connectivity index (χ2v) is 5.50. The SMILES string of the molecule is COc1ccccc1Oc1c(Cl)nc(N2CCOCC2)nc1Cl. The lowest BCUT2D eigenvalue weighted by molar-refractivity contribution is 0.122. The molecule has 1 saturated heterocycles. The maximum Gasteiger partial charge on any atom is 0.228 e. The van der Waals surface area contributed by atoms with Gasteiger partial charge < -0.3 is 19.1 Å². The van der Waals surface area contributed by atoms with Crippen LogP contribution < -0.4 is 14.4 Å². The molecule has 1 aromatic carbocycles. The van der Waals surface area contributed by atoms with Gasteiger partial charge in [0.25, 0.3) is 0 Å². The van der Waals surface area contributed by atoms with Crippen LogP contribution in [0.15, 0.2) is 24.3 Å². The van der Waals surface area contributed by atoms with Gasteiger partial charge >= 0.3 is 0 Å². The van der Waals surface area contributed by atoms with E-state index in [9.17, 15) is 0 Å². The number of hydrogen-bond donors (Lipinski definition) is 0. The number of para-hydroxylation sites is 2. The molecule has 0 radical (unpaired) electrons. The summed E-state index contributed by atoms with van der Waals surface area (Å²) < 4.78 is 16.3. The second kappa shape index (κ2) is 7.21. The Hall–Kier alpha value is -1.76. The molecule has 0 aliphatic carbocycles. The first kappa shape index (κ1) is 16.1. The van der Waals surface area contributed by atoms with Gasteiger partial charge in [0.1, 0.15) is 0 Å². The number of nitrogens with zero attached hydrogens (tertiary/aromatic N) is 3. The fourth-order valence-corrected chi connectivity index (χ4v) is 2.65. The van der Waals surface area contributed by atoms with E-state index >= 15 is 0 Å². The molecular weight excluding hydrogens is 341 g/mol. The number of halogens is 2. The van der Waals surface area contributed by atoms with E-state index in [-0.39, 0.29) is 16.1 Å². The third-order valence-electron chi connectivity index (χ3n) is 3.35. The largest absolute Gasteiger partial charge is 0.493 e. The summed E-state index contributed by atoms with van der Waals surface area (Å²) in [5, 5.41) is 0.301. The van der Waals surface area contributed by atoms with Crippen LogP contribution in [-0.4, -0.2) is 43.4 Å². The fraction of sp³-hybridized carbons (Fsp3) is 0.333. The zero-order chi connectivity index (χ0) is 16.2. The van der Waals surface area contributed by atoms with Crippen molar-refractivity contribution >= 4 is 29.2 Å². The van der Waals surface area contributed by atoms with Gasteiger partial charge in [-0.2, -0.15) is 9.97 Å². The van der Waals surface area contributed by atoms with Crippen LogP contribution in [0.3, 0.4) is 0 Å². The monoisotopic (exact) mass is 355 g/mol. The molecule has 1 aromatic heterocycles. The third kappa shape index (κ3) is 3.60. The van der Waals surface area contributed by atoms with Gasteiger partial charge in [0.05, 0.1) is 20.3 Å². The van der Waals surface area contributed by atoms with E-state index in [2.05, 4.69) is 9.97 Å². The van der Waals surface area contributed by atoms with Gasteiger partial charge in [-0.15, -0.1) is 0 Å². The first-order valence-corrected chi connectivity index (χ1v) is 7.81. The highest BCUT2D eigenvalue weighted by Gasteiger charge is 2.20. The van der Waals surface area contributed by atoms with E-state index in [0.29, 0.717) is 43.8 Å². The van der Waals surface area contributed by atoms with Crippen LogP contribution in [0, 0.1) is 0 Å². The van der Waals surface area contributed by atoms with Crippen molar-refractivity contribution in [3.8, 4) is 17.2 Å². The Balaban J connectivity index is 1.88. The van der Waals surface area contributed by atoms with Crippen molar-refractivity contribution in [1.82, 2.24) is 9.97 Å². The Morgan fingerprint density at radius 1 is 1.04 bits per heavy atom. The average Bonchev–Trinajstić information content (AvgIpc) is 2.59. The minimum absolute atomic E-state index is 0.150. The van der Waals surface area contributed by atoms with Gasteiger partial charge in [-0.05, 0) is 12.1 Å². The lowest BCUT2D eigenvalue weighted by Crippen LogP contribution is -2.37. The molecule has 6 nitrogen and oxygen atoms in total. The van der Waals surface area contributed by atoms with Crippen molar-refractivity contribution in [2.24, 2.45) is 0 Å². The second-order valence-electron chi connectivity index (χ2n) is 4.79. The molecule has 0 bridgehead atoms. The molecule has 23 heavy (non-hydrogen) atoms. The van der Waals surface area contributed by atoms with Crippen molar-refractivity contribution in [2.75, 3.05) is 38.3 Å². The summed E-state index contributed by atoms with van der Waals surface area (Å²) in [7, 11) is 1.56. The van der Waals surface area contributed by atoms with Crippen LogP contribution in [0.2, 0.25) is 10.3 Å². The van der Waals surface area contributed by atoms with Crippen LogP contribution in [-0.2, 0) is 4.74 Å². The van der Waals surface area contributed by atoms with Crippen LogP contribution in [0.25, 0.3) is 0 Å². The number of benzene rings is 1. The van der Waals surface area contributed by atoms with E-state index < -0.39 is 0 Å².